The number of carboxylic acids is 1. The number of benzene rings is 3. The molecular weight excluding hydrogens is 500 g/mol. The molecule has 0 aliphatic heterocycles. The molecule has 212 valence electrons. The topological polar surface area (TPSA) is 84.2 Å². The van der Waals surface area contributed by atoms with Gasteiger partial charge in [-0.25, -0.2) is 4.79 Å². The van der Waals surface area contributed by atoms with Gasteiger partial charge in [0.25, 0.3) is 0 Å². The van der Waals surface area contributed by atoms with E-state index in [4.69, 9.17) is 0 Å². The van der Waals surface area contributed by atoms with Gasteiger partial charge in [0.15, 0.2) is 0 Å². The molecule has 1 aliphatic carbocycles. The normalized spacial score (nSPS) is 16.4. The Morgan fingerprint density at radius 2 is 1.60 bits per heavy atom. The maximum absolute atomic E-state index is 11.3. The first-order valence-corrected chi connectivity index (χ1v) is 13.8. The van der Waals surface area contributed by atoms with E-state index in [9.17, 15) is 20.1 Å². The van der Waals surface area contributed by atoms with Crippen LogP contribution >= 0.6 is 0 Å². The van der Waals surface area contributed by atoms with Crippen LogP contribution in [0.25, 0.3) is 6.08 Å². The second-order valence-electron chi connectivity index (χ2n) is 12.5. The molecule has 0 saturated carbocycles. The molecule has 0 fully saturated rings. The van der Waals surface area contributed by atoms with Crippen LogP contribution in [0.4, 0.5) is 11.4 Å². The first kappa shape index (κ1) is 29.2. The maximum atomic E-state index is 11.3. The Kier molecular flexibility index (Phi) is 8.04. The lowest BCUT2D eigenvalue weighted by atomic mass is 9.62. The molecule has 0 bridgehead atoms. The number of aliphatic hydroxyl groups is 1. The van der Waals surface area contributed by atoms with Gasteiger partial charge in [-0.05, 0) is 81.8 Å². The maximum Gasteiger partial charge on any atom is 0.339 e. The van der Waals surface area contributed by atoms with Crippen molar-refractivity contribution in [3.8, 4) is 5.75 Å². The van der Waals surface area contributed by atoms with E-state index in [0.29, 0.717) is 5.56 Å². The summed E-state index contributed by atoms with van der Waals surface area (Å²) >= 11 is 0. The van der Waals surface area contributed by atoms with E-state index in [2.05, 4.69) is 80.9 Å². The number of fused-ring (bicyclic) bond motifs is 1. The van der Waals surface area contributed by atoms with Gasteiger partial charge in [0.2, 0.25) is 0 Å². The zero-order chi connectivity index (χ0) is 29.4. The highest BCUT2D eigenvalue weighted by atomic mass is 16.4. The van der Waals surface area contributed by atoms with E-state index in [1.165, 1.54) is 28.8 Å². The molecule has 0 saturated heterocycles. The van der Waals surface area contributed by atoms with Gasteiger partial charge in [0.1, 0.15) is 11.3 Å². The van der Waals surface area contributed by atoms with Crippen molar-refractivity contribution in [3.63, 3.8) is 0 Å². The average molecular weight is 543 g/mol. The minimum Gasteiger partial charge on any atom is -0.507 e. The van der Waals surface area contributed by atoms with Crippen LogP contribution in [-0.2, 0) is 17.4 Å². The summed E-state index contributed by atoms with van der Waals surface area (Å²) in [5.74, 6) is -1.48. The number of carboxylic acid groups (broad SMARTS) is 1. The molecule has 3 aromatic rings. The third-order valence-electron chi connectivity index (χ3n) is 8.27. The van der Waals surface area contributed by atoms with E-state index in [1.807, 2.05) is 14.1 Å². The molecule has 0 heterocycles. The SMILES string of the molecule is CN(C)c1ccc(CN(C)c2cc(C(O)C=Cc3ccc(C(=O)O)c(O)c3)cc3c2C(C)(C)CCC3(C)C)cc1. The van der Waals surface area contributed by atoms with Crippen molar-refractivity contribution in [1.29, 1.82) is 0 Å². The van der Waals surface area contributed by atoms with Gasteiger partial charge in [-0.2, -0.15) is 0 Å². The minimum absolute atomic E-state index is 0.00797. The fourth-order valence-electron chi connectivity index (χ4n) is 5.66. The molecule has 4 rings (SSSR count). The summed E-state index contributed by atoms with van der Waals surface area (Å²) < 4.78 is 0. The molecule has 0 radical (unpaired) electrons. The lowest BCUT2D eigenvalue weighted by Gasteiger charge is -2.44. The van der Waals surface area contributed by atoms with Crippen LogP contribution in [0.15, 0.2) is 60.7 Å². The largest absolute Gasteiger partial charge is 0.507 e. The van der Waals surface area contributed by atoms with Crippen molar-refractivity contribution >= 4 is 23.4 Å². The Morgan fingerprint density at radius 3 is 2.20 bits per heavy atom. The molecule has 0 spiro atoms. The fourth-order valence-corrected chi connectivity index (χ4v) is 5.66. The average Bonchev–Trinajstić information content (AvgIpc) is 2.89. The van der Waals surface area contributed by atoms with Crippen molar-refractivity contribution in [3.05, 3.63) is 94.1 Å². The monoisotopic (exact) mass is 542 g/mol. The second kappa shape index (κ2) is 11.0. The number of aliphatic hydroxyl groups excluding tert-OH is 1. The van der Waals surface area contributed by atoms with Crippen molar-refractivity contribution in [2.45, 2.75) is 64.0 Å². The van der Waals surface area contributed by atoms with E-state index in [1.54, 1.807) is 18.2 Å². The molecule has 1 unspecified atom stereocenters. The van der Waals surface area contributed by atoms with Crippen molar-refractivity contribution in [2.24, 2.45) is 0 Å². The van der Waals surface area contributed by atoms with Crippen molar-refractivity contribution in [2.75, 3.05) is 30.9 Å². The second-order valence-corrected chi connectivity index (χ2v) is 12.5. The lowest BCUT2D eigenvalue weighted by molar-refractivity contribution is 0.0693. The summed E-state index contributed by atoms with van der Waals surface area (Å²) in [6.45, 7) is 9.93. The van der Waals surface area contributed by atoms with Crippen LogP contribution in [0.5, 0.6) is 5.75 Å². The molecule has 3 aromatic carbocycles. The number of phenols is 1. The zero-order valence-corrected chi connectivity index (χ0v) is 24.7. The molecule has 6 nitrogen and oxygen atoms in total. The zero-order valence-electron chi connectivity index (χ0n) is 24.7. The molecule has 1 aliphatic rings. The molecule has 0 amide bonds. The molecular formula is C34H42N2O4. The van der Waals surface area contributed by atoms with Gasteiger partial charge in [0, 0.05) is 39.1 Å². The lowest BCUT2D eigenvalue weighted by Crippen LogP contribution is -2.36. The number of rotatable bonds is 8. The van der Waals surface area contributed by atoms with Crippen LogP contribution in [-0.4, -0.2) is 42.4 Å². The summed E-state index contributed by atoms with van der Waals surface area (Å²) in [6.07, 6.45) is 4.66. The summed E-state index contributed by atoms with van der Waals surface area (Å²) in [4.78, 5) is 15.6. The van der Waals surface area contributed by atoms with Gasteiger partial charge in [0.05, 0.1) is 6.10 Å². The Bertz CT molecular complexity index is 1420. The van der Waals surface area contributed by atoms with Gasteiger partial charge in [-0.1, -0.05) is 64.1 Å². The standard InChI is InChI=1S/C34H42N2O4/c1-33(2)16-17-34(3,4)31-27(33)19-24(29(37)15-11-22-10-14-26(32(39)40)30(38)18-22)20-28(31)36(7)21-23-8-12-25(13-9-23)35(5)6/h8-15,18-20,29,37-38H,16-17,21H2,1-7H3,(H,39,40). The number of aromatic hydroxyl groups is 1. The van der Waals surface area contributed by atoms with Gasteiger partial charge in [-0.15, -0.1) is 0 Å². The number of nitrogens with zero attached hydrogens (tertiary/aromatic N) is 2. The molecule has 1 atom stereocenters. The first-order valence-electron chi connectivity index (χ1n) is 13.8. The smallest absolute Gasteiger partial charge is 0.339 e. The van der Waals surface area contributed by atoms with Crippen LogP contribution in [0.1, 0.15) is 84.8 Å². The predicted molar refractivity (Wildman–Crippen MR) is 164 cm³/mol. The number of hydrogen-bond acceptors (Lipinski definition) is 5. The van der Waals surface area contributed by atoms with Crippen LogP contribution < -0.4 is 9.80 Å². The number of carbonyl (C=O) groups is 1. The van der Waals surface area contributed by atoms with Crippen LogP contribution in [0.2, 0.25) is 0 Å². The summed E-state index contributed by atoms with van der Waals surface area (Å²) in [5, 5.41) is 30.5. The predicted octanol–water partition coefficient (Wildman–Crippen LogP) is 6.89. The van der Waals surface area contributed by atoms with Crippen molar-refractivity contribution in [1.82, 2.24) is 0 Å². The first-order chi connectivity index (χ1) is 18.7. The van der Waals surface area contributed by atoms with E-state index in [0.717, 1.165) is 36.3 Å². The van der Waals surface area contributed by atoms with Gasteiger partial charge >= 0.3 is 5.97 Å². The third kappa shape index (κ3) is 6.02. The number of anilines is 2. The summed E-state index contributed by atoms with van der Waals surface area (Å²) in [6, 6.07) is 17.2. The molecule has 40 heavy (non-hydrogen) atoms. The van der Waals surface area contributed by atoms with Crippen LogP contribution in [0, 0.1) is 0 Å². The van der Waals surface area contributed by atoms with Crippen molar-refractivity contribution < 1.29 is 20.1 Å². The Balaban J connectivity index is 1.73. The number of aromatic carboxylic acids is 1. The molecule has 0 aromatic heterocycles. The van der Waals surface area contributed by atoms with E-state index in [-0.39, 0.29) is 22.1 Å². The number of hydrogen-bond donors (Lipinski definition) is 3. The summed E-state index contributed by atoms with van der Waals surface area (Å²) in [5.41, 5.74) is 7.32. The highest BCUT2D eigenvalue weighted by Crippen LogP contribution is 2.50. The fraction of sp³-hybridized carbons (Fsp3) is 0.382. The Hall–Kier alpha value is -3.77. The third-order valence-corrected chi connectivity index (χ3v) is 8.27. The van der Waals surface area contributed by atoms with E-state index < -0.39 is 12.1 Å². The quantitative estimate of drug-likeness (QED) is 0.288. The molecule has 6 heteroatoms. The highest BCUT2D eigenvalue weighted by Gasteiger charge is 2.40. The Labute approximate surface area is 238 Å². The van der Waals surface area contributed by atoms with Gasteiger partial charge in [-0.3, -0.25) is 0 Å². The summed E-state index contributed by atoms with van der Waals surface area (Å²) in [7, 11) is 6.19. The Morgan fingerprint density at radius 1 is 0.950 bits per heavy atom. The molecule has 3 N–H and O–H groups in total. The van der Waals surface area contributed by atoms with E-state index >= 15 is 0 Å². The van der Waals surface area contributed by atoms with Gasteiger partial charge < -0.3 is 25.1 Å². The highest BCUT2D eigenvalue weighted by molar-refractivity contribution is 5.91. The minimum atomic E-state index is -1.18. The van der Waals surface area contributed by atoms with Crippen LogP contribution in [0.3, 0.4) is 0 Å².